The van der Waals surface area contributed by atoms with E-state index in [0.29, 0.717) is 51.1 Å². The van der Waals surface area contributed by atoms with E-state index in [-0.39, 0.29) is 34.4 Å². The number of alkyl halides is 3. The number of likely N-dealkylation sites (tertiary alicyclic amines) is 1. The van der Waals surface area contributed by atoms with Crippen molar-refractivity contribution in [2.24, 2.45) is 5.92 Å². The lowest BCUT2D eigenvalue weighted by molar-refractivity contribution is -0.125. The summed E-state index contributed by atoms with van der Waals surface area (Å²) in [6.45, 7) is 1.88. The molecule has 1 N–H and O–H groups in total. The molecular formula is C18H23F3N2O3S. The van der Waals surface area contributed by atoms with Crippen LogP contribution in [-0.4, -0.2) is 55.6 Å². The molecule has 0 radical (unpaired) electrons. The number of thioether (sulfide) groups is 1. The maximum absolute atomic E-state index is 12.6. The molecule has 1 atom stereocenters. The number of nitrogens with one attached hydrogen (secondary N) is 1. The highest BCUT2D eigenvalue weighted by Crippen LogP contribution is 2.36. The number of nitrogens with zero attached hydrogens (tertiary/aromatic N) is 1. The number of hydrogen-bond donors (Lipinski definition) is 1. The number of methoxy groups -OCH3 is 1. The van der Waals surface area contributed by atoms with Gasteiger partial charge in [0.05, 0.1) is 6.61 Å². The van der Waals surface area contributed by atoms with Crippen LogP contribution in [0.4, 0.5) is 13.2 Å². The number of halogens is 3. The van der Waals surface area contributed by atoms with Gasteiger partial charge in [-0.05, 0) is 55.3 Å². The zero-order chi connectivity index (χ0) is 19.9. The van der Waals surface area contributed by atoms with Gasteiger partial charge in [0.25, 0.3) is 5.91 Å². The van der Waals surface area contributed by atoms with Crippen molar-refractivity contribution in [3.05, 3.63) is 29.8 Å². The van der Waals surface area contributed by atoms with E-state index in [1.54, 1.807) is 12.0 Å². The normalized spacial score (nSPS) is 18.1. The summed E-state index contributed by atoms with van der Waals surface area (Å²) in [5.74, 6) is -0.404. The Labute approximate surface area is 160 Å². The highest BCUT2D eigenvalue weighted by Gasteiger charge is 2.29. The quantitative estimate of drug-likeness (QED) is 0.584. The number of rotatable bonds is 6. The van der Waals surface area contributed by atoms with Gasteiger partial charge in [0.2, 0.25) is 5.91 Å². The fraction of sp³-hybridized carbons (Fsp3) is 0.556. The molecule has 1 fully saturated rings. The van der Waals surface area contributed by atoms with Crippen LogP contribution >= 0.6 is 11.8 Å². The van der Waals surface area contributed by atoms with Crippen LogP contribution < -0.4 is 5.32 Å². The minimum Gasteiger partial charge on any atom is -0.383 e. The molecule has 1 aliphatic heterocycles. The van der Waals surface area contributed by atoms with Crippen molar-refractivity contribution < 1.29 is 27.5 Å². The van der Waals surface area contributed by atoms with Gasteiger partial charge in [0.15, 0.2) is 0 Å². The molecule has 1 aromatic carbocycles. The van der Waals surface area contributed by atoms with Crippen LogP contribution in [0.2, 0.25) is 0 Å². The van der Waals surface area contributed by atoms with Gasteiger partial charge < -0.3 is 15.0 Å². The van der Waals surface area contributed by atoms with E-state index in [0.717, 1.165) is 0 Å². The predicted molar refractivity (Wildman–Crippen MR) is 96.5 cm³/mol. The summed E-state index contributed by atoms with van der Waals surface area (Å²) < 4.78 is 42.1. The van der Waals surface area contributed by atoms with E-state index in [1.807, 2.05) is 0 Å². The average Bonchev–Trinajstić information content (AvgIpc) is 2.87. The number of carbonyl (C=O) groups is 2. The van der Waals surface area contributed by atoms with E-state index < -0.39 is 5.51 Å². The molecule has 150 valence electrons. The summed E-state index contributed by atoms with van der Waals surface area (Å²) in [5, 5.41) is 2.82. The molecule has 0 saturated carbocycles. The second-order valence-electron chi connectivity index (χ2n) is 6.28. The minimum atomic E-state index is -4.35. The molecular weight excluding hydrogens is 381 g/mol. The van der Waals surface area contributed by atoms with Crippen LogP contribution in [0.25, 0.3) is 0 Å². The largest absolute Gasteiger partial charge is 0.446 e. The summed E-state index contributed by atoms with van der Waals surface area (Å²) in [4.78, 5) is 26.5. The SMILES string of the molecule is COCCNC(=O)C1CCCN(C(=O)c2ccc(SC(F)(F)F)cc2)CC1. The molecule has 0 aromatic heterocycles. The molecule has 0 spiro atoms. The Balaban J connectivity index is 1.91. The Morgan fingerprint density at radius 2 is 1.93 bits per heavy atom. The van der Waals surface area contributed by atoms with Gasteiger partial charge >= 0.3 is 5.51 Å². The van der Waals surface area contributed by atoms with Crippen molar-refractivity contribution in [2.75, 3.05) is 33.4 Å². The van der Waals surface area contributed by atoms with Crippen molar-refractivity contribution in [3.63, 3.8) is 0 Å². The first kappa shape index (κ1) is 21.6. The Morgan fingerprint density at radius 3 is 2.56 bits per heavy atom. The fourth-order valence-corrected chi connectivity index (χ4v) is 3.50. The summed E-state index contributed by atoms with van der Waals surface area (Å²) >= 11 is -0.207. The molecule has 1 aromatic rings. The van der Waals surface area contributed by atoms with Crippen LogP contribution in [0.15, 0.2) is 29.2 Å². The Bertz CT molecular complexity index is 638. The molecule has 5 nitrogen and oxygen atoms in total. The highest BCUT2D eigenvalue weighted by molar-refractivity contribution is 8.00. The second kappa shape index (κ2) is 9.98. The van der Waals surface area contributed by atoms with Crippen LogP contribution in [0.5, 0.6) is 0 Å². The van der Waals surface area contributed by atoms with Gasteiger partial charge in [-0.15, -0.1) is 0 Å². The van der Waals surface area contributed by atoms with Gasteiger partial charge in [0, 0.05) is 43.1 Å². The van der Waals surface area contributed by atoms with Gasteiger partial charge in [-0.1, -0.05) is 0 Å². The molecule has 2 amide bonds. The van der Waals surface area contributed by atoms with E-state index in [9.17, 15) is 22.8 Å². The molecule has 9 heteroatoms. The Morgan fingerprint density at radius 1 is 1.22 bits per heavy atom. The monoisotopic (exact) mass is 404 g/mol. The zero-order valence-corrected chi connectivity index (χ0v) is 15.9. The van der Waals surface area contributed by atoms with Crippen LogP contribution in [0.3, 0.4) is 0 Å². The first-order chi connectivity index (χ1) is 12.8. The highest BCUT2D eigenvalue weighted by atomic mass is 32.2. The van der Waals surface area contributed by atoms with Crippen molar-refractivity contribution in [1.29, 1.82) is 0 Å². The smallest absolute Gasteiger partial charge is 0.383 e. The van der Waals surface area contributed by atoms with Crippen molar-refractivity contribution in [2.45, 2.75) is 29.7 Å². The standard InChI is InChI=1S/C18H23F3N2O3S/c1-26-12-9-22-16(24)13-3-2-10-23(11-8-13)17(25)14-4-6-15(7-5-14)27-18(19,20)21/h4-7,13H,2-3,8-12H2,1H3,(H,22,24). The number of amides is 2. The third-order valence-corrected chi connectivity index (χ3v) is 5.07. The molecule has 0 aliphatic carbocycles. The molecule has 1 aliphatic rings. The summed E-state index contributed by atoms with van der Waals surface area (Å²) in [5.41, 5.74) is -4.00. The Kier molecular flexibility index (Phi) is 7.97. The van der Waals surface area contributed by atoms with E-state index in [4.69, 9.17) is 4.74 Å². The van der Waals surface area contributed by atoms with E-state index in [1.165, 1.54) is 24.3 Å². The summed E-state index contributed by atoms with van der Waals surface area (Å²) in [6.07, 6.45) is 1.96. The number of hydrogen-bond acceptors (Lipinski definition) is 4. The maximum atomic E-state index is 12.6. The molecule has 1 heterocycles. The van der Waals surface area contributed by atoms with E-state index in [2.05, 4.69) is 5.32 Å². The molecule has 27 heavy (non-hydrogen) atoms. The third-order valence-electron chi connectivity index (χ3n) is 4.33. The van der Waals surface area contributed by atoms with Gasteiger partial charge in [-0.25, -0.2) is 0 Å². The van der Waals surface area contributed by atoms with Gasteiger partial charge in [0.1, 0.15) is 0 Å². The van der Waals surface area contributed by atoms with Crippen LogP contribution in [0.1, 0.15) is 29.6 Å². The first-order valence-corrected chi connectivity index (χ1v) is 9.53. The number of carbonyl (C=O) groups excluding carboxylic acids is 2. The first-order valence-electron chi connectivity index (χ1n) is 8.72. The Hall–Kier alpha value is -1.74. The topological polar surface area (TPSA) is 58.6 Å². The lowest BCUT2D eigenvalue weighted by atomic mass is 10.00. The molecule has 0 bridgehead atoms. The molecule has 1 unspecified atom stereocenters. The molecule has 1 saturated heterocycles. The second-order valence-corrected chi connectivity index (χ2v) is 7.41. The number of ether oxygens (including phenoxy) is 1. The molecule has 2 rings (SSSR count). The van der Waals surface area contributed by atoms with Gasteiger partial charge in [-0.3, -0.25) is 9.59 Å². The predicted octanol–water partition coefficient (Wildman–Crippen LogP) is 3.30. The number of benzene rings is 1. The maximum Gasteiger partial charge on any atom is 0.446 e. The lowest BCUT2D eigenvalue weighted by Gasteiger charge is -2.21. The fourth-order valence-electron chi connectivity index (χ4n) is 2.96. The lowest BCUT2D eigenvalue weighted by Crippen LogP contribution is -2.35. The average molecular weight is 404 g/mol. The van der Waals surface area contributed by atoms with Gasteiger partial charge in [-0.2, -0.15) is 13.2 Å². The summed E-state index contributed by atoms with van der Waals surface area (Å²) in [7, 11) is 1.57. The van der Waals surface area contributed by atoms with Crippen LogP contribution in [0, 0.1) is 5.92 Å². The van der Waals surface area contributed by atoms with Crippen LogP contribution in [-0.2, 0) is 9.53 Å². The van der Waals surface area contributed by atoms with E-state index >= 15 is 0 Å². The zero-order valence-electron chi connectivity index (χ0n) is 15.1. The minimum absolute atomic E-state index is 0.0325. The third kappa shape index (κ3) is 7.06. The summed E-state index contributed by atoms with van der Waals surface area (Å²) in [6, 6.07) is 5.43. The van der Waals surface area contributed by atoms with Crippen molar-refractivity contribution >= 4 is 23.6 Å². The van der Waals surface area contributed by atoms with Crippen molar-refractivity contribution in [3.8, 4) is 0 Å². The van der Waals surface area contributed by atoms with Crippen molar-refractivity contribution in [1.82, 2.24) is 10.2 Å².